The summed E-state index contributed by atoms with van der Waals surface area (Å²) >= 11 is 12.5. The maximum absolute atomic E-state index is 13.7. The lowest BCUT2D eigenvalue weighted by Crippen LogP contribution is -2.50. The lowest BCUT2D eigenvalue weighted by Gasteiger charge is -2.32. The molecule has 2 amide bonds. The van der Waals surface area contributed by atoms with Gasteiger partial charge >= 0.3 is 0 Å². The second-order valence-electron chi connectivity index (χ2n) is 8.59. The summed E-state index contributed by atoms with van der Waals surface area (Å²) in [6.07, 6.45) is 3.04. The van der Waals surface area contributed by atoms with Crippen molar-refractivity contribution in [3.63, 3.8) is 0 Å². The zero-order valence-corrected chi connectivity index (χ0v) is 21.6. The normalized spacial score (nSPS) is 11.6. The van der Waals surface area contributed by atoms with Gasteiger partial charge in [0.15, 0.2) is 0 Å². The number of hydrogen-bond donors (Lipinski definition) is 1. The van der Waals surface area contributed by atoms with Gasteiger partial charge in [0, 0.05) is 36.0 Å². The number of hydrogen-bond acceptors (Lipinski definition) is 2. The lowest BCUT2D eigenvalue weighted by molar-refractivity contribution is -0.141. The van der Waals surface area contributed by atoms with E-state index < -0.39 is 6.04 Å². The van der Waals surface area contributed by atoms with Crippen molar-refractivity contribution in [1.29, 1.82) is 0 Å². The molecule has 0 radical (unpaired) electrons. The van der Waals surface area contributed by atoms with Gasteiger partial charge in [-0.15, -0.1) is 0 Å². The third kappa shape index (κ3) is 8.41. The van der Waals surface area contributed by atoms with Gasteiger partial charge in [0.25, 0.3) is 0 Å². The van der Waals surface area contributed by atoms with Crippen LogP contribution in [-0.4, -0.2) is 29.3 Å². The van der Waals surface area contributed by atoms with E-state index in [0.29, 0.717) is 36.0 Å². The molecule has 0 heterocycles. The van der Waals surface area contributed by atoms with E-state index in [9.17, 15) is 9.59 Å². The largest absolute Gasteiger partial charge is 0.354 e. The molecular formula is C29H32Cl2N2O2. The van der Waals surface area contributed by atoms with Crippen LogP contribution in [0.15, 0.2) is 78.9 Å². The fourth-order valence-corrected chi connectivity index (χ4v) is 4.42. The van der Waals surface area contributed by atoms with Crippen molar-refractivity contribution in [2.45, 2.75) is 51.6 Å². The monoisotopic (exact) mass is 510 g/mol. The Hall–Kier alpha value is -2.82. The van der Waals surface area contributed by atoms with Crippen LogP contribution in [0, 0.1) is 0 Å². The van der Waals surface area contributed by atoms with Crippen LogP contribution in [-0.2, 0) is 29.0 Å². The first-order valence-corrected chi connectivity index (χ1v) is 12.8. The molecule has 0 unspecified atom stereocenters. The van der Waals surface area contributed by atoms with Gasteiger partial charge in [0.05, 0.1) is 0 Å². The first-order chi connectivity index (χ1) is 17.0. The molecule has 3 aromatic rings. The number of halogens is 2. The molecule has 3 rings (SSSR count). The average Bonchev–Trinajstić information content (AvgIpc) is 2.86. The summed E-state index contributed by atoms with van der Waals surface area (Å²) in [7, 11) is 0. The highest BCUT2D eigenvalue weighted by atomic mass is 35.5. The first kappa shape index (κ1) is 26.8. The molecule has 0 aliphatic heterocycles. The van der Waals surface area contributed by atoms with Gasteiger partial charge in [0.1, 0.15) is 6.04 Å². The van der Waals surface area contributed by atoms with Crippen LogP contribution < -0.4 is 5.32 Å². The number of benzene rings is 3. The van der Waals surface area contributed by atoms with E-state index in [0.717, 1.165) is 29.5 Å². The average molecular weight is 511 g/mol. The number of amides is 2. The highest BCUT2D eigenvalue weighted by molar-refractivity contribution is 6.31. The van der Waals surface area contributed by atoms with Crippen LogP contribution in [0.4, 0.5) is 0 Å². The number of unbranched alkanes of at least 4 members (excludes halogenated alkanes) is 1. The van der Waals surface area contributed by atoms with Gasteiger partial charge in [-0.3, -0.25) is 9.59 Å². The Balaban J connectivity index is 1.89. The SMILES string of the molecule is CCCCNC(=O)[C@@H](Cc1ccccc1)N(Cc1cccc(Cl)c1)C(=O)CCc1ccccc1Cl. The molecule has 0 aliphatic carbocycles. The Labute approximate surface area is 218 Å². The van der Waals surface area contributed by atoms with E-state index in [1.54, 1.807) is 11.0 Å². The quantitative estimate of drug-likeness (QED) is 0.283. The molecule has 0 aliphatic rings. The van der Waals surface area contributed by atoms with Crippen molar-refractivity contribution in [2.24, 2.45) is 0 Å². The molecule has 1 N–H and O–H groups in total. The minimum absolute atomic E-state index is 0.100. The molecular weight excluding hydrogens is 479 g/mol. The lowest BCUT2D eigenvalue weighted by atomic mass is 10.0. The summed E-state index contributed by atoms with van der Waals surface area (Å²) < 4.78 is 0. The molecule has 0 aromatic heterocycles. The van der Waals surface area contributed by atoms with Crippen molar-refractivity contribution in [3.8, 4) is 0 Å². The van der Waals surface area contributed by atoms with Gasteiger partial charge in [-0.1, -0.05) is 97.2 Å². The second kappa shape index (κ2) is 13.9. The summed E-state index contributed by atoms with van der Waals surface area (Å²) in [4.78, 5) is 28.7. The Morgan fingerprint density at radius 3 is 2.34 bits per heavy atom. The van der Waals surface area contributed by atoms with E-state index in [4.69, 9.17) is 23.2 Å². The first-order valence-electron chi connectivity index (χ1n) is 12.1. The zero-order valence-electron chi connectivity index (χ0n) is 20.1. The minimum Gasteiger partial charge on any atom is -0.354 e. The maximum atomic E-state index is 13.7. The molecule has 0 bridgehead atoms. The molecule has 3 aromatic carbocycles. The summed E-state index contributed by atoms with van der Waals surface area (Å²) in [5.74, 6) is -0.244. The van der Waals surface area contributed by atoms with Crippen LogP contribution in [0.3, 0.4) is 0 Å². The molecule has 1 atom stereocenters. The summed E-state index contributed by atoms with van der Waals surface area (Å²) in [5.41, 5.74) is 2.79. The minimum atomic E-state index is -0.646. The molecule has 0 fully saturated rings. The van der Waals surface area contributed by atoms with Crippen LogP contribution in [0.1, 0.15) is 42.9 Å². The molecule has 35 heavy (non-hydrogen) atoms. The van der Waals surface area contributed by atoms with Crippen molar-refractivity contribution in [2.75, 3.05) is 6.54 Å². The van der Waals surface area contributed by atoms with Gasteiger partial charge in [-0.05, 0) is 47.7 Å². The van der Waals surface area contributed by atoms with E-state index in [1.807, 2.05) is 72.8 Å². The standard InChI is InChI=1S/C29H32Cl2N2O2/c1-2-3-18-32-29(35)27(20-22-10-5-4-6-11-22)33(21-23-12-9-14-25(30)19-23)28(34)17-16-24-13-7-8-15-26(24)31/h4-15,19,27H,2-3,16-18,20-21H2,1H3,(H,32,35)/t27-/m1/s1. The third-order valence-electron chi connectivity index (χ3n) is 5.91. The zero-order chi connectivity index (χ0) is 25.0. The molecule has 184 valence electrons. The summed E-state index contributed by atoms with van der Waals surface area (Å²) in [5, 5.41) is 4.27. The third-order valence-corrected chi connectivity index (χ3v) is 6.51. The van der Waals surface area contributed by atoms with Crippen LogP contribution >= 0.6 is 23.2 Å². The molecule has 0 saturated carbocycles. The molecule has 0 saturated heterocycles. The van der Waals surface area contributed by atoms with Crippen molar-refractivity contribution >= 4 is 35.0 Å². The van der Waals surface area contributed by atoms with E-state index in [1.165, 1.54) is 0 Å². The van der Waals surface area contributed by atoms with Crippen LogP contribution in [0.25, 0.3) is 0 Å². The molecule has 6 heteroatoms. The van der Waals surface area contributed by atoms with E-state index in [2.05, 4.69) is 12.2 Å². The topological polar surface area (TPSA) is 49.4 Å². The number of rotatable bonds is 12. The Bertz CT molecular complexity index is 1100. The second-order valence-corrected chi connectivity index (χ2v) is 9.44. The van der Waals surface area contributed by atoms with Crippen LogP contribution in [0.5, 0.6) is 0 Å². The number of aryl methyl sites for hydroxylation is 1. The fourth-order valence-electron chi connectivity index (χ4n) is 3.98. The van der Waals surface area contributed by atoms with E-state index in [-0.39, 0.29) is 18.2 Å². The Morgan fingerprint density at radius 1 is 0.914 bits per heavy atom. The summed E-state index contributed by atoms with van der Waals surface area (Å²) in [6.45, 7) is 2.96. The molecule has 0 spiro atoms. The van der Waals surface area contributed by atoms with Crippen LogP contribution in [0.2, 0.25) is 10.0 Å². The summed E-state index contributed by atoms with van der Waals surface area (Å²) in [6, 6.07) is 24.1. The highest BCUT2D eigenvalue weighted by Gasteiger charge is 2.30. The maximum Gasteiger partial charge on any atom is 0.243 e. The predicted molar refractivity (Wildman–Crippen MR) is 144 cm³/mol. The van der Waals surface area contributed by atoms with E-state index >= 15 is 0 Å². The van der Waals surface area contributed by atoms with Crippen molar-refractivity contribution in [3.05, 3.63) is 106 Å². The number of nitrogens with zero attached hydrogens (tertiary/aromatic N) is 1. The number of carbonyl (C=O) groups is 2. The van der Waals surface area contributed by atoms with Gasteiger partial charge in [-0.25, -0.2) is 0 Å². The highest BCUT2D eigenvalue weighted by Crippen LogP contribution is 2.21. The Kier molecular flexibility index (Phi) is 10.6. The van der Waals surface area contributed by atoms with Gasteiger partial charge < -0.3 is 10.2 Å². The predicted octanol–water partition coefficient (Wildman–Crippen LogP) is 6.48. The number of carbonyl (C=O) groups excluding carboxylic acids is 2. The Morgan fingerprint density at radius 2 is 1.63 bits per heavy atom. The van der Waals surface area contributed by atoms with Crippen molar-refractivity contribution in [1.82, 2.24) is 10.2 Å². The molecule has 4 nitrogen and oxygen atoms in total. The fraction of sp³-hybridized carbons (Fsp3) is 0.310. The van der Waals surface area contributed by atoms with Gasteiger partial charge in [0.2, 0.25) is 11.8 Å². The van der Waals surface area contributed by atoms with Crippen molar-refractivity contribution < 1.29 is 9.59 Å². The number of nitrogens with one attached hydrogen (secondary N) is 1. The smallest absolute Gasteiger partial charge is 0.243 e. The van der Waals surface area contributed by atoms with Gasteiger partial charge in [-0.2, -0.15) is 0 Å².